The van der Waals surface area contributed by atoms with Gasteiger partial charge in [0.2, 0.25) is 0 Å². The number of imidazole rings is 1. The van der Waals surface area contributed by atoms with E-state index in [4.69, 9.17) is 0 Å². The molecule has 0 radical (unpaired) electrons. The molecule has 0 atom stereocenters. The van der Waals surface area contributed by atoms with Crippen molar-refractivity contribution in [2.24, 2.45) is 0 Å². The minimum Gasteiger partial charge on any atom is -0.331 e. The summed E-state index contributed by atoms with van der Waals surface area (Å²) >= 11 is 0. The van der Waals surface area contributed by atoms with Gasteiger partial charge in [0.15, 0.2) is 5.78 Å². The van der Waals surface area contributed by atoms with Gasteiger partial charge in [-0.25, -0.2) is 4.98 Å². The highest BCUT2D eigenvalue weighted by Crippen LogP contribution is 2.35. The Morgan fingerprint density at radius 1 is 0.897 bits per heavy atom. The Balaban J connectivity index is 1.80. The van der Waals surface area contributed by atoms with Crippen LogP contribution in [0.2, 0.25) is 0 Å². The van der Waals surface area contributed by atoms with Crippen LogP contribution in [0.25, 0.3) is 27.7 Å². The van der Waals surface area contributed by atoms with Gasteiger partial charge < -0.3 is 9.55 Å². The summed E-state index contributed by atoms with van der Waals surface area (Å²) in [7, 11) is 0. The van der Waals surface area contributed by atoms with Crippen molar-refractivity contribution in [2.45, 2.75) is 6.92 Å². The van der Waals surface area contributed by atoms with Crippen molar-refractivity contribution in [3.8, 4) is 16.9 Å². The summed E-state index contributed by atoms with van der Waals surface area (Å²) in [6.45, 7) is 1.98. The maximum Gasteiger partial charge on any atom is 0.195 e. The van der Waals surface area contributed by atoms with Crippen LogP contribution in [0.4, 0.5) is 0 Å². The van der Waals surface area contributed by atoms with Crippen molar-refractivity contribution in [1.82, 2.24) is 14.5 Å². The molecule has 0 amide bonds. The highest BCUT2D eigenvalue weighted by atomic mass is 16.1. The average Bonchev–Trinajstić information content (AvgIpc) is 3.41. The minimum absolute atomic E-state index is 0.0179. The first-order valence-corrected chi connectivity index (χ1v) is 9.52. The van der Waals surface area contributed by atoms with Crippen molar-refractivity contribution >= 4 is 16.6 Å². The van der Waals surface area contributed by atoms with E-state index >= 15 is 0 Å². The molecule has 0 saturated carbocycles. The Kier molecular flexibility index (Phi) is 4.10. The van der Waals surface area contributed by atoms with Gasteiger partial charge >= 0.3 is 0 Å². The van der Waals surface area contributed by atoms with Crippen molar-refractivity contribution in [3.05, 3.63) is 108 Å². The third kappa shape index (κ3) is 2.86. The largest absolute Gasteiger partial charge is 0.331 e. The number of nitrogens with one attached hydrogen (secondary N) is 1. The molecular weight excluding hydrogens is 358 g/mol. The molecule has 5 aromatic rings. The molecule has 4 heteroatoms. The van der Waals surface area contributed by atoms with E-state index in [1.807, 2.05) is 66.2 Å². The van der Waals surface area contributed by atoms with Crippen LogP contribution in [-0.4, -0.2) is 20.3 Å². The van der Waals surface area contributed by atoms with E-state index in [2.05, 4.69) is 34.2 Å². The zero-order valence-electron chi connectivity index (χ0n) is 16.0. The molecule has 2 aromatic heterocycles. The van der Waals surface area contributed by atoms with E-state index < -0.39 is 0 Å². The first kappa shape index (κ1) is 17.2. The smallest absolute Gasteiger partial charge is 0.195 e. The lowest BCUT2D eigenvalue weighted by atomic mass is 9.93. The van der Waals surface area contributed by atoms with E-state index in [1.165, 1.54) is 0 Å². The maximum atomic E-state index is 13.5. The predicted molar refractivity (Wildman–Crippen MR) is 115 cm³/mol. The van der Waals surface area contributed by atoms with Crippen LogP contribution in [0.3, 0.4) is 0 Å². The zero-order valence-corrected chi connectivity index (χ0v) is 16.0. The predicted octanol–water partition coefficient (Wildman–Crippen LogP) is 5.56. The summed E-state index contributed by atoms with van der Waals surface area (Å²) in [5, 5.41) is 2.27. The molecule has 0 aliphatic rings. The summed E-state index contributed by atoms with van der Waals surface area (Å²) in [5.41, 5.74) is 4.24. The zero-order chi connectivity index (χ0) is 19.8. The fourth-order valence-electron chi connectivity index (χ4n) is 3.92. The molecule has 3 aromatic carbocycles. The summed E-state index contributed by atoms with van der Waals surface area (Å²) in [4.78, 5) is 20.8. The lowest BCUT2D eigenvalue weighted by Crippen LogP contribution is -2.05. The molecule has 0 bridgehead atoms. The highest BCUT2D eigenvalue weighted by Gasteiger charge is 2.23. The standard InChI is InChI=1S/C25H19N3O/c1-17-24(25(29)19-9-3-2-4-10-19)22(15-28(17)23-14-26-16-27-23)21-13-7-11-18-8-5-6-12-20(18)21/h2-16H,1H3,(H,26,27). The quantitative estimate of drug-likeness (QED) is 0.417. The number of aromatic nitrogens is 3. The van der Waals surface area contributed by atoms with Crippen LogP contribution in [0.5, 0.6) is 0 Å². The SMILES string of the molecule is Cc1c(C(=O)c2ccccc2)c(-c2cccc3ccccc23)cn1-c1cnc[nH]1. The van der Waals surface area contributed by atoms with Crippen LogP contribution >= 0.6 is 0 Å². The highest BCUT2D eigenvalue weighted by molar-refractivity contribution is 6.15. The van der Waals surface area contributed by atoms with E-state index in [1.54, 1.807) is 12.5 Å². The number of aromatic amines is 1. The van der Waals surface area contributed by atoms with E-state index in [-0.39, 0.29) is 5.78 Å². The van der Waals surface area contributed by atoms with Crippen LogP contribution in [0.15, 0.2) is 91.5 Å². The van der Waals surface area contributed by atoms with Gasteiger partial charge in [0, 0.05) is 23.0 Å². The number of carbonyl (C=O) groups is 1. The van der Waals surface area contributed by atoms with Gasteiger partial charge in [-0.05, 0) is 23.3 Å². The van der Waals surface area contributed by atoms with Crippen LogP contribution < -0.4 is 0 Å². The van der Waals surface area contributed by atoms with Crippen LogP contribution in [0, 0.1) is 6.92 Å². The number of ketones is 1. The number of nitrogens with zero attached hydrogens (tertiary/aromatic N) is 2. The molecule has 5 rings (SSSR count). The second kappa shape index (κ2) is 6.91. The molecular formula is C25H19N3O. The van der Waals surface area contributed by atoms with Crippen LogP contribution in [0.1, 0.15) is 21.6 Å². The Morgan fingerprint density at radius 2 is 1.66 bits per heavy atom. The summed E-state index contributed by atoms with van der Waals surface area (Å²) in [5.74, 6) is 0.848. The van der Waals surface area contributed by atoms with Gasteiger partial charge in [-0.15, -0.1) is 0 Å². The molecule has 0 aliphatic heterocycles. The number of fused-ring (bicyclic) bond motifs is 1. The van der Waals surface area contributed by atoms with Gasteiger partial charge in [0.05, 0.1) is 18.1 Å². The fraction of sp³-hybridized carbons (Fsp3) is 0.0400. The summed E-state index contributed by atoms with van der Waals surface area (Å²) in [6, 6.07) is 23.9. The van der Waals surface area contributed by atoms with E-state index in [9.17, 15) is 4.79 Å². The Bertz CT molecular complexity index is 1310. The molecule has 2 heterocycles. The molecule has 0 fully saturated rings. The lowest BCUT2D eigenvalue weighted by molar-refractivity contribution is 0.103. The molecule has 0 saturated heterocycles. The molecule has 0 aliphatic carbocycles. The number of carbonyl (C=O) groups excluding carboxylic acids is 1. The van der Waals surface area contributed by atoms with Crippen molar-refractivity contribution < 1.29 is 4.79 Å². The van der Waals surface area contributed by atoms with Crippen molar-refractivity contribution in [1.29, 1.82) is 0 Å². The Morgan fingerprint density at radius 3 is 2.45 bits per heavy atom. The fourth-order valence-corrected chi connectivity index (χ4v) is 3.92. The van der Waals surface area contributed by atoms with Gasteiger partial charge in [-0.3, -0.25) is 4.79 Å². The first-order valence-electron chi connectivity index (χ1n) is 9.52. The molecule has 29 heavy (non-hydrogen) atoms. The van der Waals surface area contributed by atoms with Gasteiger partial charge in [-0.1, -0.05) is 72.8 Å². The number of rotatable bonds is 4. The number of hydrogen-bond acceptors (Lipinski definition) is 2. The van der Waals surface area contributed by atoms with Gasteiger partial charge in [0.1, 0.15) is 5.82 Å². The molecule has 140 valence electrons. The number of benzene rings is 3. The normalized spacial score (nSPS) is 11.1. The van der Waals surface area contributed by atoms with Crippen molar-refractivity contribution in [3.63, 3.8) is 0 Å². The Labute approximate surface area is 168 Å². The van der Waals surface area contributed by atoms with Gasteiger partial charge in [-0.2, -0.15) is 0 Å². The summed E-state index contributed by atoms with van der Waals surface area (Å²) in [6.07, 6.45) is 5.43. The molecule has 0 unspecified atom stereocenters. The second-order valence-corrected chi connectivity index (χ2v) is 7.03. The molecule has 0 spiro atoms. The third-order valence-electron chi connectivity index (χ3n) is 5.34. The number of hydrogen-bond donors (Lipinski definition) is 1. The minimum atomic E-state index is 0.0179. The summed E-state index contributed by atoms with van der Waals surface area (Å²) < 4.78 is 2.00. The average molecular weight is 377 g/mol. The third-order valence-corrected chi connectivity index (χ3v) is 5.34. The van der Waals surface area contributed by atoms with Crippen LogP contribution in [-0.2, 0) is 0 Å². The van der Waals surface area contributed by atoms with E-state index in [0.717, 1.165) is 33.4 Å². The molecule has 1 N–H and O–H groups in total. The second-order valence-electron chi connectivity index (χ2n) is 7.03. The molecule has 4 nitrogen and oxygen atoms in total. The van der Waals surface area contributed by atoms with Crippen molar-refractivity contribution in [2.75, 3.05) is 0 Å². The monoisotopic (exact) mass is 377 g/mol. The lowest BCUT2D eigenvalue weighted by Gasteiger charge is -2.09. The first-order chi connectivity index (χ1) is 14.2. The topological polar surface area (TPSA) is 50.7 Å². The van der Waals surface area contributed by atoms with Gasteiger partial charge in [0.25, 0.3) is 0 Å². The Hall–Kier alpha value is -3.92. The maximum absolute atomic E-state index is 13.5. The van der Waals surface area contributed by atoms with E-state index in [0.29, 0.717) is 11.1 Å². The number of H-pyrrole nitrogens is 1.